The second-order valence-corrected chi connectivity index (χ2v) is 4.04. The third kappa shape index (κ3) is 3.96. The van der Waals surface area contributed by atoms with E-state index in [0.717, 1.165) is 23.7 Å². The third-order valence-electron chi connectivity index (χ3n) is 1.17. The van der Waals surface area contributed by atoms with Crippen molar-refractivity contribution in [2.24, 2.45) is 0 Å². The molecule has 0 saturated carbocycles. The average Bonchev–Trinajstić information content (AvgIpc) is 1.89. The Morgan fingerprint density at radius 3 is 1.56 bits per heavy atom. The molecule has 0 bridgehead atoms. The van der Waals surface area contributed by atoms with Gasteiger partial charge in [0.2, 0.25) is 0 Å². The van der Waals surface area contributed by atoms with Crippen LogP contribution in [-0.2, 0) is 0 Å². The van der Waals surface area contributed by atoms with Crippen molar-refractivity contribution in [3.63, 3.8) is 0 Å². The first-order valence-corrected chi connectivity index (χ1v) is 5.08. The highest BCUT2D eigenvalue weighted by Gasteiger charge is 2.20. The monoisotopic (exact) mass is 200 g/mol. The van der Waals surface area contributed by atoms with Crippen LogP contribution in [0, 0.1) is 0 Å². The minimum Gasteiger partial charge on any atom is -0.179 e. The summed E-state index contributed by atoms with van der Waals surface area (Å²) in [5.41, 5.74) is 0. The summed E-state index contributed by atoms with van der Waals surface area (Å²) in [6, 6.07) is 0. The van der Waals surface area contributed by atoms with Crippen molar-refractivity contribution in [1.29, 1.82) is 0 Å². The zero-order valence-corrected chi connectivity index (χ0v) is 8.69. The molecule has 0 amide bonds. The lowest BCUT2D eigenvalue weighted by atomic mass is 10.1. The van der Waals surface area contributed by atoms with Gasteiger partial charge in [-0.3, -0.25) is 0 Å². The van der Waals surface area contributed by atoms with Crippen molar-refractivity contribution in [3.8, 4) is 0 Å². The van der Waals surface area contributed by atoms with E-state index in [4.69, 9.17) is 0 Å². The molecule has 0 unspecified atom stereocenters. The molecule has 56 valence electrons. The van der Waals surface area contributed by atoms with Crippen molar-refractivity contribution in [2.75, 3.05) is 17.3 Å². The standard InChI is InChI=1S/C5H12S4/c6-2-1-5(9,3-7)4-8/h6-9H,1-4H2. The maximum atomic E-state index is 4.40. The molecule has 0 N–H and O–H groups in total. The van der Waals surface area contributed by atoms with Gasteiger partial charge in [0, 0.05) is 16.3 Å². The van der Waals surface area contributed by atoms with Gasteiger partial charge in [-0.25, -0.2) is 0 Å². The van der Waals surface area contributed by atoms with Crippen LogP contribution < -0.4 is 0 Å². The van der Waals surface area contributed by atoms with Crippen LogP contribution in [0.3, 0.4) is 0 Å². The lowest BCUT2D eigenvalue weighted by molar-refractivity contribution is 0.724. The molecule has 0 spiro atoms. The zero-order chi connectivity index (χ0) is 7.33. The Labute approximate surface area is 78.8 Å². The number of hydrogen-bond donors (Lipinski definition) is 4. The van der Waals surface area contributed by atoms with E-state index >= 15 is 0 Å². The van der Waals surface area contributed by atoms with Crippen LogP contribution in [0.4, 0.5) is 0 Å². The van der Waals surface area contributed by atoms with Crippen molar-refractivity contribution in [2.45, 2.75) is 11.2 Å². The highest BCUT2D eigenvalue weighted by Crippen LogP contribution is 2.22. The molecule has 0 atom stereocenters. The second kappa shape index (κ2) is 5.10. The molecule has 0 aliphatic heterocycles. The summed E-state index contributed by atoms with van der Waals surface area (Å²) in [5.74, 6) is 2.38. The number of rotatable bonds is 4. The van der Waals surface area contributed by atoms with Gasteiger partial charge in [-0.15, -0.1) is 0 Å². The summed E-state index contributed by atoms with van der Waals surface area (Å²) in [6.45, 7) is 0. The molecule has 0 aromatic carbocycles. The van der Waals surface area contributed by atoms with Gasteiger partial charge >= 0.3 is 0 Å². The summed E-state index contributed by atoms with van der Waals surface area (Å²) in [6.07, 6.45) is 0.965. The molecule has 0 fully saturated rings. The molecule has 0 nitrogen and oxygen atoms in total. The van der Waals surface area contributed by atoms with E-state index in [0.29, 0.717) is 0 Å². The van der Waals surface area contributed by atoms with Crippen molar-refractivity contribution >= 4 is 50.5 Å². The van der Waals surface area contributed by atoms with Crippen LogP contribution >= 0.6 is 50.5 Å². The Kier molecular flexibility index (Phi) is 5.90. The molecule has 0 aliphatic rings. The van der Waals surface area contributed by atoms with E-state index in [2.05, 4.69) is 50.5 Å². The van der Waals surface area contributed by atoms with E-state index in [1.54, 1.807) is 0 Å². The van der Waals surface area contributed by atoms with Crippen molar-refractivity contribution in [1.82, 2.24) is 0 Å². The van der Waals surface area contributed by atoms with Crippen molar-refractivity contribution < 1.29 is 0 Å². The zero-order valence-electron chi connectivity index (χ0n) is 5.12. The highest BCUT2D eigenvalue weighted by molar-refractivity contribution is 7.87. The Bertz CT molecular complexity index is 69.4. The van der Waals surface area contributed by atoms with Gasteiger partial charge in [0.05, 0.1) is 0 Å². The van der Waals surface area contributed by atoms with E-state index in [1.807, 2.05) is 0 Å². The minimum atomic E-state index is -0.0199. The largest absolute Gasteiger partial charge is 0.179 e. The summed E-state index contributed by atoms with van der Waals surface area (Å²) >= 11 is 16.8. The average molecular weight is 200 g/mol. The normalized spacial score (nSPS) is 12.0. The SMILES string of the molecule is SCCC(S)(CS)CS. The quantitative estimate of drug-likeness (QED) is 0.489. The molecule has 0 aromatic rings. The fraction of sp³-hybridized carbons (Fsp3) is 1.00. The third-order valence-corrected chi connectivity index (χ3v) is 3.64. The lowest BCUT2D eigenvalue weighted by Crippen LogP contribution is -2.26. The van der Waals surface area contributed by atoms with Crippen LogP contribution in [-0.4, -0.2) is 22.0 Å². The van der Waals surface area contributed by atoms with Gasteiger partial charge in [-0.1, -0.05) is 0 Å². The van der Waals surface area contributed by atoms with Gasteiger partial charge in [0.1, 0.15) is 0 Å². The molecule has 0 rings (SSSR count). The molecule has 4 heteroatoms. The number of hydrogen-bond acceptors (Lipinski definition) is 4. The van der Waals surface area contributed by atoms with Gasteiger partial charge in [0.15, 0.2) is 0 Å². The van der Waals surface area contributed by atoms with Crippen LogP contribution in [0.25, 0.3) is 0 Å². The topological polar surface area (TPSA) is 0 Å². The first-order chi connectivity index (χ1) is 4.18. The van der Waals surface area contributed by atoms with Gasteiger partial charge in [-0.05, 0) is 12.2 Å². The van der Waals surface area contributed by atoms with Crippen LogP contribution in [0.5, 0.6) is 0 Å². The predicted octanol–water partition coefficient (Wildman–Crippen LogP) is 1.83. The van der Waals surface area contributed by atoms with E-state index in [-0.39, 0.29) is 4.75 Å². The van der Waals surface area contributed by atoms with Crippen LogP contribution in [0.15, 0.2) is 0 Å². The van der Waals surface area contributed by atoms with Crippen LogP contribution in [0.1, 0.15) is 6.42 Å². The molecular formula is C5H12S4. The molecule has 9 heavy (non-hydrogen) atoms. The Morgan fingerprint density at radius 1 is 1.00 bits per heavy atom. The maximum Gasteiger partial charge on any atom is 0.0313 e. The maximum absolute atomic E-state index is 4.40. The van der Waals surface area contributed by atoms with Crippen LogP contribution in [0.2, 0.25) is 0 Å². The fourth-order valence-electron chi connectivity index (χ4n) is 0.416. The summed E-state index contributed by atoms with van der Waals surface area (Å²) in [4.78, 5) is 0. The minimum absolute atomic E-state index is 0.0199. The molecule has 0 aromatic heterocycles. The fourth-order valence-corrected chi connectivity index (χ4v) is 1.85. The Balaban J connectivity index is 3.62. The molecule has 0 heterocycles. The summed E-state index contributed by atoms with van der Waals surface area (Å²) < 4.78 is -0.0199. The van der Waals surface area contributed by atoms with E-state index in [9.17, 15) is 0 Å². The summed E-state index contributed by atoms with van der Waals surface area (Å²) in [7, 11) is 0. The Morgan fingerprint density at radius 2 is 1.44 bits per heavy atom. The highest BCUT2D eigenvalue weighted by atomic mass is 32.1. The van der Waals surface area contributed by atoms with E-state index < -0.39 is 0 Å². The van der Waals surface area contributed by atoms with E-state index in [1.165, 1.54) is 0 Å². The second-order valence-electron chi connectivity index (χ2n) is 2.01. The first kappa shape index (κ1) is 10.4. The van der Waals surface area contributed by atoms with Crippen molar-refractivity contribution in [3.05, 3.63) is 0 Å². The van der Waals surface area contributed by atoms with Gasteiger partial charge in [0.25, 0.3) is 0 Å². The predicted molar refractivity (Wildman–Crippen MR) is 57.9 cm³/mol. The van der Waals surface area contributed by atoms with Gasteiger partial charge in [-0.2, -0.15) is 50.5 Å². The lowest BCUT2D eigenvalue weighted by Gasteiger charge is -2.22. The molecular weight excluding hydrogens is 188 g/mol. The molecule has 0 aliphatic carbocycles. The smallest absolute Gasteiger partial charge is 0.0313 e. The summed E-state index contributed by atoms with van der Waals surface area (Å²) in [5, 5.41) is 0. The Hall–Kier alpha value is 1.40. The first-order valence-electron chi connectivity index (χ1n) is 2.73. The van der Waals surface area contributed by atoms with Gasteiger partial charge < -0.3 is 0 Å². The molecule has 0 radical (unpaired) electrons. The molecule has 0 saturated heterocycles. The number of thiol groups is 4.